The molecular weight excluding hydrogens is 351 g/mol. The molecule has 3 heterocycles. The lowest BCUT2D eigenvalue weighted by Gasteiger charge is -2.26. The van der Waals surface area contributed by atoms with E-state index in [1.54, 1.807) is 9.47 Å². The number of aromatic carboxylic acids is 1. The zero-order valence-corrected chi connectivity index (χ0v) is 16.0. The van der Waals surface area contributed by atoms with Gasteiger partial charge in [0.2, 0.25) is 5.43 Å². The molecule has 2 aromatic rings. The average Bonchev–Trinajstić information content (AvgIpc) is 2.94. The Morgan fingerprint density at radius 1 is 1.41 bits per heavy atom. The molecule has 0 radical (unpaired) electrons. The molecular formula is C19H25FN4O3. The van der Waals surface area contributed by atoms with Crippen LogP contribution in [-0.4, -0.2) is 39.8 Å². The molecule has 1 fully saturated rings. The van der Waals surface area contributed by atoms with Gasteiger partial charge in [-0.05, 0) is 32.8 Å². The molecule has 0 bridgehead atoms. The van der Waals surface area contributed by atoms with Crippen molar-refractivity contribution in [1.29, 1.82) is 0 Å². The molecule has 0 unspecified atom stereocenters. The normalized spacial score (nSPS) is 20.4. The number of anilines is 1. The second kappa shape index (κ2) is 6.60. The second-order valence-corrected chi connectivity index (χ2v) is 8.12. The Balaban J connectivity index is 2.26. The molecule has 146 valence electrons. The summed E-state index contributed by atoms with van der Waals surface area (Å²) in [5.41, 5.74) is 4.72. The maximum Gasteiger partial charge on any atom is 0.341 e. The van der Waals surface area contributed by atoms with Crippen molar-refractivity contribution in [2.75, 3.05) is 18.0 Å². The SMILES string of the molecule is CC[C@H]1CN(c2nc3c(cc2F)c(=O)c(C(=O)O)cn3C(C)(C)C)C[C@H]1N. The van der Waals surface area contributed by atoms with Gasteiger partial charge < -0.3 is 20.3 Å². The molecule has 2 aromatic heterocycles. The van der Waals surface area contributed by atoms with Gasteiger partial charge in [0.15, 0.2) is 11.6 Å². The third kappa shape index (κ3) is 3.29. The van der Waals surface area contributed by atoms with Gasteiger partial charge in [0, 0.05) is 30.9 Å². The molecule has 0 amide bonds. The Labute approximate surface area is 156 Å². The topological polar surface area (TPSA) is 101 Å². The van der Waals surface area contributed by atoms with E-state index in [1.807, 2.05) is 27.7 Å². The number of rotatable bonds is 3. The van der Waals surface area contributed by atoms with Gasteiger partial charge in [0.25, 0.3) is 0 Å². The number of aromatic nitrogens is 2. The average molecular weight is 376 g/mol. The number of pyridine rings is 2. The number of fused-ring (bicyclic) bond motifs is 1. The first kappa shape index (κ1) is 19.3. The van der Waals surface area contributed by atoms with Crippen molar-refractivity contribution in [3.8, 4) is 0 Å². The van der Waals surface area contributed by atoms with E-state index >= 15 is 0 Å². The maximum absolute atomic E-state index is 14.8. The lowest BCUT2D eigenvalue weighted by Crippen LogP contribution is -2.31. The van der Waals surface area contributed by atoms with Crippen LogP contribution in [0.3, 0.4) is 0 Å². The number of nitrogens with two attached hydrogens (primary N) is 1. The molecule has 0 spiro atoms. The van der Waals surface area contributed by atoms with E-state index in [2.05, 4.69) is 4.98 Å². The van der Waals surface area contributed by atoms with Crippen molar-refractivity contribution >= 4 is 22.8 Å². The van der Waals surface area contributed by atoms with Crippen LogP contribution in [0.15, 0.2) is 17.1 Å². The molecule has 8 heteroatoms. The largest absolute Gasteiger partial charge is 0.477 e. The lowest BCUT2D eigenvalue weighted by molar-refractivity contribution is 0.0694. The zero-order chi connectivity index (χ0) is 20.1. The number of halogens is 1. The van der Waals surface area contributed by atoms with Crippen molar-refractivity contribution in [1.82, 2.24) is 9.55 Å². The summed E-state index contributed by atoms with van der Waals surface area (Å²) < 4.78 is 16.4. The number of nitrogens with zero attached hydrogens (tertiary/aromatic N) is 3. The molecule has 27 heavy (non-hydrogen) atoms. The van der Waals surface area contributed by atoms with E-state index in [0.717, 1.165) is 12.5 Å². The fourth-order valence-electron chi connectivity index (χ4n) is 3.60. The monoisotopic (exact) mass is 376 g/mol. The van der Waals surface area contributed by atoms with Gasteiger partial charge in [-0.25, -0.2) is 14.2 Å². The molecule has 1 aliphatic rings. The molecule has 1 saturated heterocycles. The number of carboxylic acids is 1. The van der Waals surface area contributed by atoms with Gasteiger partial charge in [-0.3, -0.25) is 4.79 Å². The summed E-state index contributed by atoms with van der Waals surface area (Å²) in [6.45, 7) is 8.73. The van der Waals surface area contributed by atoms with E-state index in [-0.39, 0.29) is 28.8 Å². The highest BCUT2D eigenvalue weighted by Gasteiger charge is 2.32. The van der Waals surface area contributed by atoms with Gasteiger partial charge in [-0.1, -0.05) is 13.3 Å². The summed E-state index contributed by atoms with van der Waals surface area (Å²) in [5.74, 6) is -1.59. The molecule has 3 N–H and O–H groups in total. The first-order valence-corrected chi connectivity index (χ1v) is 9.04. The van der Waals surface area contributed by atoms with Crippen molar-refractivity contribution in [2.24, 2.45) is 11.7 Å². The zero-order valence-electron chi connectivity index (χ0n) is 16.0. The van der Waals surface area contributed by atoms with Crippen LogP contribution in [0.2, 0.25) is 0 Å². The molecule has 0 saturated carbocycles. The Hall–Kier alpha value is -2.48. The van der Waals surface area contributed by atoms with Crippen LogP contribution >= 0.6 is 0 Å². The Morgan fingerprint density at radius 3 is 2.59 bits per heavy atom. The van der Waals surface area contributed by atoms with Gasteiger partial charge >= 0.3 is 5.97 Å². The fraction of sp³-hybridized carbons (Fsp3) is 0.526. The van der Waals surface area contributed by atoms with Gasteiger partial charge in [-0.15, -0.1) is 0 Å². The number of hydrogen-bond donors (Lipinski definition) is 2. The summed E-state index contributed by atoms with van der Waals surface area (Å²) in [6.07, 6.45) is 2.17. The summed E-state index contributed by atoms with van der Waals surface area (Å²) in [6, 6.07) is 1.03. The molecule has 2 atom stereocenters. The number of hydrogen-bond acceptors (Lipinski definition) is 5. The summed E-state index contributed by atoms with van der Waals surface area (Å²) >= 11 is 0. The third-order valence-electron chi connectivity index (χ3n) is 5.18. The predicted octanol–water partition coefficient (Wildman–Crippen LogP) is 2.16. The maximum atomic E-state index is 14.8. The molecule has 3 rings (SSSR count). The van der Waals surface area contributed by atoms with Crippen LogP contribution in [0.5, 0.6) is 0 Å². The van der Waals surface area contributed by atoms with E-state index in [0.29, 0.717) is 13.1 Å². The third-order valence-corrected chi connectivity index (χ3v) is 5.18. The van der Waals surface area contributed by atoms with Gasteiger partial charge in [0.05, 0.1) is 5.39 Å². The van der Waals surface area contributed by atoms with Gasteiger partial charge in [-0.2, -0.15) is 0 Å². The van der Waals surface area contributed by atoms with Crippen LogP contribution in [0, 0.1) is 11.7 Å². The van der Waals surface area contributed by atoms with E-state index in [4.69, 9.17) is 5.73 Å². The molecule has 1 aliphatic heterocycles. The highest BCUT2D eigenvalue weighted by Crippen LogP contribution is 2.29. The predicted molar refractivity (Wildman–Crippen MR) is 102 cm³/mol. The summed E-state index contributed by atoms with van der Waals surface area (Å²) in [4.78, 5) is 30.3. The second-order valence-electron chi connectivity index (χ2n) is 8.12. The minimum atomic E-state index is -1.35. The molecule has 7 nitrogen and oxygen atoms in total. The first-order chi connectivity index (χ1) is 12.5. The van der Waals surface area contributed by atoms with Crippen LogP contribution in [0.1, 0.15) is 44.5 Å². The first-order valence-electron chi connectivity index (χ1n) is 9.04. The minimum absolute atomic E-state index is 0.0402. The minimum Gasteiger partial charge on any atom is -0.477 e. The smallest absolute Gasteiger partial charge is 0.341 e. The Bertz CT molecular complexity index is 964. The van der Waals surface area contributed by atoms with Crippen LogP contribution in [0.25, 0.3) is 11.0 Å². The fourth-order valence-corrected chi connectivity index (χ4v) is 3.60. The Kier molecular flexibility index (Phi) is 4.71. The van der Waals surface area contributed by atoms with Crippen LogP contribution in [0.4, 0.5) is 10.2 Å². The van der Waals surface area contributed by atoms with Crippen molar-refractivity contribution in [3.63, 3.8) is 0 Å². The highest BCUT2D eigenvalue weighted by molar-refractivity contribution is 5.92. The lowest BCUT2D eigenvalue weighted by atomic mass is 10.0. The summed E-state index contributed by atoms with van der Waals surface area (Å²) in [5, 5.41) is 9.31. The quantitative estimate of drug-likeness (QED) is 0.851. The van der Waals surface area contributed by atoms with E-state index < -0.39 is 28.3 Å². The standard InChI is InChI=1S/C19H25FN4O3/c1-5-10-7-23(9-14(10)21)17-13(20)6-11-15(25)12(18(26)27)8-24(16(11)22-17)19(2,3)4/h6,8,10,14H,5,7,9,21H2,1-4H3,(H,26,27)/t10-,14+/m0/s1. The summed E-state index contributed by atoms with van der Waals surface area (Å²) in [7, 11) is 0. The molecule has 0 aliphatic carbocycles. The van der Waals surface area contributed by atoms with E-state index in [9.17, 15) is 19.1 Å². The van der Waals surface area contributed by atoms with Crippen LogP contribution < -0.4 is 16.1 Å². The highest BCUT2D eigenvalue weighted by atomic mass is 19.1. The molecule has 0 aromatic carbocycles. The van der Waals surface area contributed by atoms with Crippen LogP contribution in [-0.2, 0) is 5.54 Å². The van der Waals surface area contributed by atoms with Crippen molar-refractivity contribution < 1.29 is 14.3 Å². The van der Waals surface area contributed by atoms with Crippen molar-refractivity contribution in [3.05, 3.63) is 33.9 Å². The van der Waals surface area contributed by atoms with E-state index in [1.165, 1.54) is 6.20 Å². The van der Waals surface area contributed by atoms with Gasteiger partial charge in [0.1, 0.15) is 11.2 Å². The number of carboxylic acid groups (broad SMARTS) is 1. The number of carbonyl (C=O) groups is 1. The Morgan fingerprint density at radius 2 is 2.07 bits per heavy atom. The van der Waals surface area contributed by atoms with Crippen molar-refractivity contribution in [2.45, 2.75) is 45.7 Å².